The lowest BCUT2D eigenvalue weighted by molar-refractivity contribution is -0.136. The summed E-state index contributed by atoms with van der Waals surface area (Å²) in [5, 5.41) is 16.6. The molecule has 1 aromatic carbocycles. The molecule has 2 N–H and O–H groups in total. The van der Waals surface area contributed by atoms with Gasteiger partial charge in [-0.1, -0.05) is 25.8 Å². The highest BCUT2D eigenvalue weighted by Crippen LogP contribution is 2.45. The molecule has 2 aromatic heterocycles. The van der Waals surface area contributed by atoms with E-state index in [1.54, 1.807) is 29.9 Å². The van der Waals surface area contributed by atoms with Crippen LogP contribution in [-0.2, 0) is 13.2 Å². The summed E-state index contributed by atoms with van der Waals surface area (Å²) in [4.78, 5) is 8.43. The Morgan fingerprint density at radius 3 is 2.81 bits per heavy atom. The molecule has 190 valence electrons. The van der Waals surface area contributed by atoms with Crippen LogP contribution in [0.3, 0.4) is 0 Å². The number of nitrogens with one attached hydrogen (secondary N) is 2. The van der Waals surface area contributed by atoms with Gasteiger partial charge in [-0.05, 0) is 55.7 Å². The molecule has 2 bridgehead atoms. The first-order chi connectivity index (χ1) is 17.2. The van der Waals surface area contributed by atoms with Crippen molar-refractivity contribution in [3.05, 3.63) is 41.9 Å². The van der Waals surface area contributed by atoms with Crippen LogP contribution in [0.15, 0.2) is 30.5 Å². The van der Waals surface area contributed by atoms with Crippen molar-refractivity contribution in [2.45, 2.75) is 57.2 Å². The van der Waals surface area contributed by atoms with E-state index < -0.39 is 11.7 Å². The first-order valence-corrected chi connectivity index (χ1v) is 12.6. The van der Waals surface area contributed by atoms with E-state index in [1.807, 2.05) is 6.07 Å². The highest BCUT2D eigenvalue weighted by molar-refractivity contribution is 5.91. The molecule has 0 amide bonds. The quantitative estimate of drug-likeness (QED) is 0.416. The van der Waals surface area contributed by atoms with Crippen LogP contribution in [0, 0.1) is 23.2 Å². The minimum Gasteiger partial charge on any atom is -0.383 e. The average molecular weight is 497 g/mol. The summed E-state index contributed by atoms with van der Waals surface area (Å²) in [6.07, 6.45) is 4.49. The Bertz CT molecular complexity index is 1300. The van der Waals surface area contributed by atoms with Crippen molar-refractivity contribution in [3.8, 4) is 17.3 Å². The number of halogens is 3. The number of hydrogen-bond donors (Lipinski definition) is 2. The topological polar surface area (TPSA) is 78.6 Å². The molecule has 0 aliphatic heterocycles. The van der Waals surface area contributed by atoms with Crippen LogP contribution in [-0.4, -0.2) is 33.2 Å². The molecule has 2 aliphatic carbocycles. The zero-order chi connectivity index (χ0) is 25.5. The minimum absolute atomic E-state index is 0.0444. The maximum Gasteiger partial charge on any atom is 0.418 e. The summed E-state index contributed by atoms with van der Waals surface area (Å²) < 4.78 is 43.9. The predicted octanol–water partition coefficient (Wildman–Crippen LogP) is 5.89. The number of hydrogen-bond acceptors (Lipinski definition) is 5. The lowest BCUT2D eigenvalue weighted by Crippen LogP contribution is -2.53. The molecule has 36 heavy (non-hydrogen) atoms. The van der Waals surface area contributed by atoms with Gasteiger partial charge in [0, 0.05) is 48.5 Å². The first-order valence-electron chi connectivity index (χ1n) is 12.6. The summed E-state index contributed by atoms with van der Waals surface area (Å²) in [5.74, 6) is 1.38. The van der Waals surface area contributed by atoms with Gasteiger partial charge in [0.2, 0.25) is 5.82 Å². The van der Waals surface area contributed by atoms with Crippen molar-refractivity contribution in [2.24, 2.45) is 18.9 Å². The number of alkyl halides is 3. The average Bonchev–Trinajstić information content (AvgIpc) is 3.21. The first kappa shape index (κ1) is 24.6. The Morgan fingerprint density at radius 1 is 1.19 bits per heavy atom. The molecular weight excluding hydrogens is 465 g/mol. The van der Waals surface area contributed by atoms with Gasteiger partial charge in [-0.25, -0.2) is 9.97 Å². The lowest BCUT2D eigenvalue weighted by atomic mass is 9.64. The third kappa shape index (κ3) is 4.79. The van der Waals surface area contributed by atoms with E-state index in [2.05, 4.69) is 27.5 Å². The number of rotatable bonds is 6. The van der Waals surface area contributed by atoms with Crippen molar-refractivity contribution >= 4 is 16.7 Å². The van der Waals surface area contributed by atoms with E-state index in [-0.39, 0.29) is 17.1 Å². The Balaban J connectivity index is 1.36. The molecular formula is C27H31F3N6. The van der Waals surface area contributed by atoms with Gasteiger partial charge in [0.05, 0.1) is 11.3 Å². The third-order valence-corrected chi connectivity index (χ3v) is 7.79. The highest BCUT2D eigenvalue weighted by Gasteiger charge is 2.41. The van der Waals surface area contributed by atoms with E-state index in [1.165, 1.54) is 31.7 Å². The summed E-state index contributed by atoms with van der Waals surface area (Å²) in [5.41, 5.74) is 0.537. The largest absolute Gasteiger partial charge is 0.418 e. The van der Waals surface area contributed by atoms with Crippen LogP contribution < -0.4 is 10.6 Å². The fourth-order valence-corrected chi connectivity index (χ4v) is 6.44. The van der Waals surface area contributed by atoms with Crippen molar-refractivity contribution < 1.29 is 13.2 Å². The normalized spacial score (nSPS) is 24.0. The van der Waals surface area contributed by atoms with E-state index >= 15 is 0 Å². The van der Waals surface area contributed by atoms with E-state index in [9.17, 15) is 18.4 Å². The summed E-state index contributed by atoms with van der Waals surface area (Å²) in [6, 6.07) is 7.84. The molecule has 2 aliphatic rings. The third-order valence-electron chi connectivity index (χ3n) is 7.79. The Morgan fingerprint density at radius 2 is 2.03 bits per heavy atom. The number of benzene rings is 1. The predicted molar refractivity (Wildman–Crippen MR) is 133 cm³/mol. The van der Waals surface area contributed by atoms with Crippen LogP contribution >= 0.6 is 0 Å². The summed E-state index contributed by atoms with van der Waals surface area (Å²) in [7, 11) is 1.77. The molecule has 0 saturated heterocycles. The Labute approximate surface area is 208 Å². The molecule has 6 nitrogen and oxygen atoms in total. The molecule has 0 radical (unpaired) electrons. The van der Waals surface area contributed by atoms with Gasteiger partial charge in [0.1, 0.15) is 11.7 Å². The number of nitrogens with zero attached hydrogens (tertiary/aromatic N) is 4. The van der Waals surface area contributed by atoms with Gasteiger partial charge in [-0.15, -0.1) is 0 Å². The second-order valence-electron chi connectivity index (χ2n) is 10.6. The lowest BCUT2D eigenvalue weighted by Gasteiger charge is -2.48. The molecule has 9 heteroatoms. The summed E-state index contributed by atoms with van der Waals surface area (Å²) in [6.45, 7) is 3.32. The Hall–Kier alpha value is -3.12. The fraction of sp³-hybridized carbons (Fsp3) is 0.519. The van der Waals surface area contributed by atoms with Gasteiger partial charge in [0.15, 0.2) is 0 Å². The van der Waals surface area contributed by atoms with E-state index in [0.29, 0.717) is 41.3 Å². The second-order valence-corrected chi connectivity index (χ2v) is 10.6. The molecule has 5 rings (SSSR count). The smallest absolute Gasteiger partial charge is 0.383 e. The highest BCUT2D eigenvalue weighted by atomic mass is 19.4. The molecule has 2 heterocycles. The SMILES string of the molecule is C[C@@H]1C[C@@H]2CCC[C@](NCCNc3ccc(-c4nc(C#N)nc5c4ccn5C)cc3C(F)(F)F)(C1)C2. The zero-order valence-corrected chi connectivity index (χ0v) is 20.6. The Kier molecular flexibility index (Phi) is 6.41. The monoisotopic (exact) mass is 496 g/mol. The fourth-order valence-electron chi connectivity index (χ4n) is 6.44. The molecule has 3 atom stereocenters. The van der Waals surface area contributed by atoms with Crippen molar-refractivity contribution in [3.63, 3.8) is 0 Å². The molecule has 3 aromatic rings. The van der Waals surface area contributed by atoms with Crippen LogP contribution in [0.2, 0.25) is 0 Å². The standard InChI is InChI=1S/C27H31F3N6/c1-17-12-18-4-3-8-26(14-17,15-18)33-10-9-32-22-6-5-19(13-21(22)27(28,29)30)24-20-7-11-36(2)25(20)35-23(16-31)34-24/h5-7,11,13,17-18,32-33H,3-4,8-10,12,14-15H2,1-2H3/t17-,18+,26+/m1/s1. The van der Waals surface area contributed by atoms with E-state index in [4.69, 9.17) is 0 Å². The van der Waals surface area contributed by atoms with Gasteiger partial charge >= 0.3 is 6.18 Å². The van der Waals surface area contributed by atoms with E-state index in [0.717, 1.165) is 24.8 Å². The van der Waals surface area contributed by atoms with Crippen molar-refractivity contribution in [1.82, 2.24) is 19.9 Å². The number of nitriles is 1. The van der Waals surface area contributed by atoms with Crippen LogP contribution in [0.1, 0.15) is 56.8 Å². The maximum absolute atomic E-state index is 14.1. The van der Waals surface area contributed by atoms with Gasteiger partial charge < -0.3 is 15.2 Å². The second kappa shape index (κ2) is 9.40. The summed E-state index contributed by atoms with van der Waals surface area (Å²) >= 11 is 0. The van der Waals surface area contributed by atoms with Gasteiger partial charge in [0.25, 0.3) is 0 Å². The zero-order valence-electron chi connectivity index (χ0n) is 20.6. The van der Waals surface area contributed by atoms with Crippen molar-refractivity contribution in [2.75, 3.05) is 18.4 Å². The molecule has 0 unspecified atom stereocenters. The molecule has 0 spiro atoms. The van der Waals surface area contributed by atoms with Crippen molar-refractivity contribution in [1.29, 1.82) is 5.26 Å². The number of aromatic nitrogens is 3. The number of anilines is 1. The van der Waals surface area contributed by atoms with Crippen LogP contribution in [0.5, 0.6) is 0 Å². The maximum atomic E-state index is 14.1. The number of aryl methyl sites for hydroxylation is 1. The molecule has 2 fully saturated rings. The van der Waals surface area contributed by atoms with Crippen LogP contribution in [0.25, 0.3) is 22.3 Å². The minimum atomic E-state index is -4.54. The van der Waals surface area contributed by atoms with Gasteiger partial charge in [-0.2, -0.15) is 18.4 Å². The van der Waals surface area contributed by atoms with Gasteiger partial charge in [-0.3, -0.25) is 0 Å². The molecule has 2 saturated carbocycles. The van der Waals surface area contributed by atoms with Crippen LogP contribution in [0.4, 0.5) is 18.9 Å². The number of fused-ring (bicyclic) bond motifs is 3.